The SMILES string of the molecule is Cc1cc(C)cc(NC(=O)CSC2=NC3(CCCC3)Nc3ccccc32)c1. The topological polar surface area (TPSA) is 53.5 Å². The second-order valence-electron chi connectivity index (χ2n) is 7.54. The molecule has 1 fully saturated rings. The summed E-state index contributed by atoms with van der Waals surface area (Å²) in [4.78, 5) is 17.5. The summed E-state index contributed by atoms with van der Waals surface area (Å²) in [7, 11) is 0. The minimum Gasteiger partial charge on any atom is -0.361 e. The molecule has 0 bridgehead atoms. The summed E-state index contributed by atoms with van der Waals surface area (Å²) in [5.74, 6) is 0.361. The molecule has 4 rings (SSSR count). The highest BCUT2D eigenvalue weighted by atomic mass is 32.2. The van der Waals surface area contributed by atoms with E-state index >= 15 is 0 Å². The monoisotopic (exact) mass is 379 g/mol. The summed E-state index contributed by atoms with van der Waals surface area (Å²) < 4.78 is 0. The highest BCUT2D eigenvalue weighted by molar-refractivity contribution is 8.15. The Morgan fingerprint density at radius 2 is 1.85 bits per heavy atom. The van der Waals surface area contributed by atoms with Crippen molar-refractivity contribution < 1.29 is 4.79 Å². The standard InChI is InChI=1S/C22H25N3OS/c1-15-11-16(2)13-17(12-15)23-20(26)14-27-21-18-7-3-4-8-19(18)24-22(25-21)9-5-6-10-22/h3-4,7-8,11-13,24H,5-6,9-10,14H2,1-2H3,(H,23,26). The molecule has 0 aromatic heterocycles. The van der Waals surface area contributed by atoms with Crippen LogP contribution in [0.25, 0.3) is 0 Å². The fraction of sp³-hybridized carbons (Fsp3) is 0.364. The van der Waals surface area contributed by atoms with Crippen LogP contribution in [0.4, 0.5) is 11.4 Å². The summed E-state index contributed by atoms with van der Waals surface area (Å²) >= 11 is 1.53. The van der Waals surface area contributed by atoms with Crippen molar-refractivity contribution in [2.45, 2.75) is 45.2 Å². The maximum absolute atomic E-state index is 12.5. The summed E-state index contributed by atoms with van der Waals surface area (Å²) in [6.45, 7) is 4.08. The van der Waals surface area contributed by atoms with Gasteiger partial charge in [0.15, 0.2) is 0 Å². The zero-order chi connectivity index (χ0) is 18.9. The molecule has 2 aromatic carbocycles. The van der Waals surface area contributed by atoms with E-state index in [1.807, 2.05) is 32.0 Å². The predicted molar refractivity (Wildman–Crippen MR) is 115 cm³/mol. The van der Waals surface area contributed by atoms with Crippen LogP contribution >= 0.6 is 11.8 Å². The lowest BCUT2D eigenvalue weighted by molar-refractivity contribution is -0.113. The number of fused-ring (bicyclic) bond motifs is 1. The number of amides is 1. The normalized spacial score (nSPS) is 17.2. The molecule has 1 heterocycles. The van der Waals surface area contributed by atoms with Crippen molar-refractivity contribution in [1.29, 1.82) is 0 Å². The fourth-order valence-corrected chi connectivity index (χ4v) is 4.91. The van der Waals surface area contributed by atoms with E-state index in [4.69, 9.17) is 4.99 Å². The minimum absolute atomic E-state index is 0.00388. The van der Waals surface area contributed by atoms with Gasteiger partial charge in [0.1, 0.15) is 10.7 Å². The van der Waals surface area contributed by atoms with Crippen molar-refractivity contribution in [2.75, 3.05) is 16.4 Å². The molecule has 2 aromatic rings. The number of aliphatic imine (C=N–C) groups is 1. The third-order valence-corrected chi connectivity index (χ3v) is 6.11. The zero-order valence-corrected chi connectivity index (χ0v) is 16.7. The van der Waals surface area contributed by atoms with E-state index in [-0.39, 0.29) is 11.6 Å². The lowest BCUT2D eigenvalue weighted by Gasteiger charge is -2.33. The molecule has 2 aliphatic rings. The molecule has 27 heavy (non-hydrogen) atoms. The predicted octanol–water partition coefficient (Wildman–Crippen LogP) is 5.12. The number of rotatable bonds is 3. The number of carbonyl (C=O) groups is 1. The summed E-state index contributed by atoms with van der Waals surface area (Å²) in [5.41, 5.74) is 5.21. The molecule has 2 N–H and O–H groups in total. The zero-order valence-electron chi connectivity index (χ0n) is 15.8. The van der Waals surface area contributed by atoms with E-state index in [9.17, 15) is 4.79 Å². The number of para-hydroxylation sites is 1. The Balaban J connectivity index is 1.49. The average molecular weight is 380 g/mol. The molecule has 1 aliphatic heterocycles. The Morgan fingerprint density at radius 1 is 1.15 bits per heavy atom. The number of benzene rings is 2. The van der Waals surface area contributed by atoms with Crippen LogP contribution < -0.4 is 10.6 Å². The molecule has 1 amide bonds. The van der Waals surface area contributed by atoms with Crippen molar-refractivity contribution in [3.63, 3.8) is 0 Å². The number of nitrogens with zero attached hydrogens (tertiary/aromatic N) is 1. The van der Waals surface area contributed by atoms with Crippen molar-refractivity contribution in [1.82, 2.24) is 0 Å². The van der Waals surface area contributed by atoms with Gasteiger partial charge in [0.25, 0.3) is 0 Å². The number of anilines is 2. The van der Waals surface area contributed by atoms with Gasteiger partial charge >= 0.3 is 0 Å². The molecule has 1 spiro atoms. The smallest absolute Gasteiger partial charge is 0.234 e. The Bertz CT molecular complexity index is 880. The molecular weight excluding hydrogens is 354 g/mol. The third kappa shape index (κ3) is 4.03. The quantitative estimate of drug-likeness (QED) is 0.778. The van der Waals surface area contributed by atoms with Crippen LogP contribution in [0.5, 0.6) is 0 Å². The number of nitrogens with one attached hydrogen (secondary N) is 2. The molecule has 1 saturated carbocycles. The number of thioether (sulfide) groups is 1. The van der Waals surface area contributed by atoms with Gasteiger partial charge in [0, 0.05) is 16.9 Å². The van der Waals surface area contributed by atoms with E-state index in [0.29, 0.717) is 5.75 Å². The number of carbonyl (C=O) groups excluding carboxylic acids is 1. The highest BCUT2D eigenvalue weighted by Gasteiger charge is 2.37. The molecule has 140 valence electrons. The molecule has 0 atom stereocenters. The van der Waals surface area contributed by atoms with Crippen LogP contribution in [-0.2, 0) is 4.79 Å². The van der Waals surface area contributed by atoms with E-state index in [2.05, 4.69) is 34.9 Å². The van der Waals surface area contributed by atoms with Crippen LogP contribution in [0.15, 0.2) is 47.5 Å². The molecule has 0 unspecified atom stereocenters. The van der Waals surface area contributed by atoms with E-state index in [0.717, 1.165) is 46.0 Å². The molecule has 0 saturated heterocycles. The van der Waals surface area contributed by atoms with Gasteiger partial charge in [-0.15, -0.1) is 0 Å². The Hall–Kier alpha value is -2.27. The maximum atomic E-state index is 12.5. The van der Waals surface area contributed by atoms with E-state index in [1.165, 1.54) is 24.6 Å². The van der Waals surface area contributed by atoms with E-state index < -0.39 is 0 Å². The minimum atomic E-state index is -0.180. The van der Waals surface area contributed by atoms with Crippen molar-refractivity contribution in [3.05, 3.63) is 59.2 Å². The number of hydrogen-bond donors (Lipinski definition) is 2. The number of aryl methyl sites for hydroxylation is 2. The first-order valence-electron chi connectivity index (χ1n) is 9.51. The van der Waals surface area contributed by atoms with Crippen molar-refractivity contribution in [3.8, 4) is 0 Å². The van der Waals surface area contributed by atoms with Gasteiger partial charge in [-0.05, 0) is 68.9 Å². The highest BCUT2D eigenvalue weighted by Crippen LogP contribution is 2.40. The van der Waals surface area contributed by atoms with Gasteiger partial charge in [-0.3, -0.25) is 4.79 Å². The third-order valence-electron chi connectivity index (χ3n) is 5.12. The number of hydrogen-bond acceptors (Lipinski definition) is 4. The Labute approximate surface area is 164 Å². The summed E-state index contributed by atoms with van der Waals surface area (Å²) in [6, 6.07) is 14.4. The fourth-order valence-electron chi connectivity index (χ4n) is 4.00. The second-order valence-corrected chi connectivity index (χ2v) is 8.50. The van der Waals surface area contributed by atoms with Crippen LogP contribution in [0, 0.1) is 13.8 Å². The summed E-state index contributed by atoms with van der Waals surface area (Å²) in [5, 5.41) is 7.63. The van der Waals surface area contributed by atoms with Crippen LogP contribution in [0.1, 0.15) is 42.4 Å². The molecule has 1 aliphatic carbocycles. The Morgan fingerprint density at radius 3 is 2.59 bits per heavy atom. The molecular formula is C22H25N3OS. The van der Waals surface area contributed by atoms with E-state index in [1.54, 1.807) is 0 Å². The van der Waals surface area contributed by atoms with Gasteiger partial charge in [-0.2, -0.15) is 0 Å². The second kappa shape index (κ2) is 7.39. The van der Waals surface area contributed by atoms with Gasteiger partial charge in [0.2, 0.25) is 5.91 Å². The van der Waals surface area contributed by atoms with Gasteiger partial charge in [-0.1, -0.05) is 36.0 Å². The first kappa shape index (κ1) is 18.1. The first-order chi connectivity index (χ1) is 13.0. The maximum Gasteiger partial charge on any atom is 0.234 e. The van der Waals surface area contributed by atoms with Gasteiger partial charge < -0.3 is 10.6 Å². The van der Waals surface area contributed by atoms with Crippen LogP contribution in [-0.4, -0.2) is 22.4 Å². The lowest BCUT2D eigenvalue weighted by atomic mass is 10.0. The molecule has 5 heteroatoms. The van der Waals surface area contributed by atoms with Gasteiger partial charge in [-0.25, -0.2) is 4.99 Å². The largest absolute Gasteiger partial charge is 0.361 e. The Kier molecular flexibility index (Phi) is 4.96. The van der Waals surface area contributed by atoms with Crippen molar-refractivity contribution >= 4 is 34.1 Å². The molecule has 0 radical (unpaired) electrons. The van der Waals surface area contributed by atoms with Crippen LogP contribution in [0.3, 0.4) is 0 Å². The summed E-state index contributed by atoms with van der Waals surface area (Å²) in [6.07, 6.45) is 4.51. The van der Waals surface area contributed by atoms with Crippen LogP contribution in [0.2, 0.25) is 0 Å². The van der Waals surface area contributed by atoms with Crippen molar-refractivity contribution in [2.24, 2.45) is 4.99 Å². The van der Waals surface area contributed by atoms with Gasteiger partial charge in [0.05, 0.1) is 5.75 Å². The average Bonchev–Trinajstić information content (AvgIpc) is 3.06. The molecule has 4 nitrogen and oxygen atoms in total. The first-order valence-corrected chi connectivity index (χ1v) is 10.5. The lowest BCUT2D eigenvalue weighted by Crippen LogP contribution is -2.37.